The quantitative estimate of drug-likeness (QED) is 0.171. The number of hydrogen-bond donors (Lipinski definition) is 4. The Morgan fingerprint density at radius 3 is 1.62 bits per heavy atom. The third-order valence-corrected chi connectivity index (χ3v) is 6.96. The fourth-order valence-electron chi connectivity index (χ4n) is 4.58. The van der Waals surface area contributed by atoms with E-state index in [1.807, 2.05) is 0 Å². The van der Waals surface area contributed by atoms with Crippen LogP contribution in [0.4, 0.5) is 0 Å². The van der Waals surface area contributed by atoms with Crippen LogP contribution in [0.3, 0.4) is 0 Å². The van der Waals surface area contributed by atoms with Crippen LogP contribution in [0.25, 0.3) is 0 Å². The van der Waals surface area contributed by atoms with Crippen molar-refractivity contribution < 1.29 is 29.9 Å². The summed E-state index contributed by atoms with van der Waals surface area (Å²) in [7, 11) is 2.15. The molecule has 0 spiro atoms. The SMILES string of the molecule is CCCCCCCCCCCCCCCCN(C)CCCCOC1O[C@H](CO)[C@@H](O)[C@H](O)[C@H]1O. The summed E-state index contributed by atoms with van der Waals surface area (Å²) in [5, 5.41) is 38.8. The van der Waals surface area contributed by atoms with Crippen molar-refractivity contribution in [3.05, 3.63) is 0 Å². The van der Waals surface area contributed by atoms with Crippen molar-refractivity contribution in [1.29, 1.82) is 0 Å². The number of ether oxygens (including phenoxy) is 2. The molecule has 0 aromatic heterocycles. The molecular formula is C27H55NO6. The third-order valence-electron chi connectivity index (χ3n) is 6.96. The molecule has 34 heavy (non-hydrogen) atoms. The summed E-state index contributed by atoms with van der Waals surface area (Å²) in [4.78, 5) is 2.36. The Hall–Kier alpha value is -0.280. The molecule has 1 aliphatic heterocycles. The van der Waals surface area contributed by atoms with Crippen molar-refractivity contribution in [3.63, 3.8) is 0 Å². The highest BCUT2D eigenvalue weighted by Gasteiger charge is 2.43. The highest BCUT2D eigenvalue weighted by Crippen LogP contribution is 2.22. The molecule has 7 nitrogen and oxygen atoms in total. The van der Waals surface area contributed by atoms with Crippen LogP contribution in [-0.4, -0.2) is 89.4 Å². The second kappa shape index (κ2) is 20.9. The number of hydrogen-bond acceptors (Lipinski definition) is 7. The molecule has 0 aliphatic carbocycles. The predicted octanol–water partition coefficient (Wildman–Crippen LogP) is 4.00. The molecular weight excluding hydrogens is 434 g/mol. The van der Waals surface area contributed by atoms with Crippen molar-refractivity contribution in [2.45, 2.75) is 140 Å². The first-order valence-corrected chi connectivity index (χ1v) is 14.1. The van der Waals surface area contributed by atoms with Gasteiger partial charge in [0, 0.05) is 6.61 Å². The van der Waals surface area contributed by atoms with E-state index in [1.165, 1.54) is 89.9 Å². The first-order chi connectivity index (χ1) is 16.5. The predicted molar refractivity (Wildman–Crippen MR) is 137 cm³/mol. The van der Waals surface area contributed by atoms with Gasteiger partial charge in [-0.2, -0.15) is 0 Å². The molecule has 1 fully saturated rings. The Balaban J connectivity index is 1.88. The van der Waals surface area contributed by atoms with Gasteiger partial charge in [-0.1, -0.05) is 90.4 Å². The van der Waals surface area contributed by atoms with Gasteiger partial charge in [-0.25, -0.2) is 0 Å². The van der Waals surface area contributed by atoms with Crippen molar-refractivity contribution in [2.75, 3.05) is 33.4 Å². The van der Waals surface area contributed by atoms with Crippen LogP contribution in [0.2, 0.25) is 0 Å². The minimum Gasteiger partial charge on any atom is -0.394 e. The summed E-state index contributed by atoms with van der Waals surface area (Å²) >= 11 is 0. The topological polar surface area (TPSA) is 103 Å². The molecule has 1 saturated heterocycles. The highest BCUT2D eigenvalue weighted by molar-refractivity contribution is 4.88. The number of aliphatic hydroxyl groups is 4. The maximum absolute atomic E-state index is 9.97. The van der Waals surface area contributed by atoms with Crippen molar-refractivity contribution in [2.24, 2.45) is 0 Å². The maximum atomic E-state index is 9.97. The minimum atomic E-state index is -1.38. The largest absolute Gasteiger partial charge is 0.394 e. The molecule has 1 heterocycles. The number of rotatable bonds is 22. The lowest BCUT2D eigenvalue weighted by Crippen LogP contribution is -2.59. The van der Waals surface area contributed by atoms with Gasteiger partial charge >= 0.3 is 0 Å². The molecule has 1 aliphatic rings. The van der Waals surface area contributed by atoms with Crippen LogP contribution in [0.15, 0.2) is 0 Å². The first-order valence-electron chi connectivity index (χ1n) is 14.1. The van der Waals surface area contributed by atoms with Gasteiger partial charge in [0.15, 0.2) is 6.29 Å². The van der Waals surface area contributed by atoms with Crippen molar-refractivity contribution >= 4 is 0 Å². The lowest BCUT2D eigenvalue weighted by molar-refractivity contribution is -0.301. The second-order valence-corrected chi connectivity index (χ2v) is 10.2. The smallest absolute Gasteiger partial charge is 0.186 e. The zero-order valence-corrected chi connectivity index (χ0v) is 22.1. The zero-order chi connectivity index (χ0) is 25.0. The lowest BCUT2D eigenvalue weighted by Gasteiger charge is -2.39. The van der Waals surface area contributed by atoms with Crippen LogP contribution < -0.4 is 0 Å². The molecule has 1 rings (SSSR count). The van der Waals surface area contributed by atoms with Crippen molar-refractivity contribution in [3.8, 4) is 0 Å². The van der Waals surface area contributed by atoms with E-state index in [9.17, 15) is 20.4 Å². The monoisotopic (exact) mass is 489 g/mol. The van der Waals surface area contributed by atoms with E-state index >= 15 is 0 Å². The van der Waals surface area contributed by atoms with E-state index in [1.54, 1.807) is 0 Å². The number of nitrogens with zero attached hydrogens (tertiary/aromatic N) is 1. The van der Waals surface area contributed by atoms with Crippen LogP contribution >= 0.6 is 0 Å². The molecule has 0 aromatic carbocycles. The summed E-state index contributed by atoms with van der Waals surface area (Å²) < 4.78 is 10.9. The van der Waals surface area contributed by atoms with E-state index in [4.69, 9.17) is 9.47 Å². The van der Waals surface area contributed by atoms with Crippen LogP contribution in [0, 0.1) is 0 Å². The fourth-order valence-corrected chi connectivity index (χ4v) is 4.58. The average Bonchev–Trinajstić information content (AvgIpc) is 2.83. The van der Waals surface area contributed by atoms with Gasteiger partial charge in [0.05, 0.1) is 6.61 Å². The molecule has 0 radical (unpaired) electrons. The van der Waals surface area contributed by atoms with E-state index in [0.717, 1.165) is 25.9 Å². The van der Waals surface area contributed by atoms with Crippen LogP contribution in [0.1, 0.15) is 110 Å². The van der Waals surface area contributed by atoms with Gasteiger partial charge in [0.25, 0.3) is 0 Å². The average molecular weight is 490 g/mol. The third kappa shape index (κ3) is 14.3. The lowest BCUT2D eigenvalue weighted by atomic mass is 9.99. The van der Waals surface area contributed by atoms with Gasteiger partial charge in [0.2, 0.25) is 0 Å². The molecule has 0 saturated carbocycles. The van der Waals surface area contributed by atoms with Gasteiger partial charge < -0.3 is 34.8 Å². The van der Waals surface area contributed by atoms with Gasteiger partial charge in [-0.3, -0.25) is 0 Å². The van der Waals surface area contributed by atoms with Gasteiger partial charge in [-0.05, 0) is 39.4 Å². The summed E-state index contributed by atoms with van der Waals surface area (Å²) in [6.07, 6.45) is 15.2. The first kappa shape index (κ1) is 31.7. The molecule has 0 bridgehead atoms. The van der Waals surface area contributed by atoms with Crippen LogP contribution in [0.5, 0.6) is 0 Å². The van der Waals surface area contributed by atoms with Crippen molar-refractivity contribution in [1.82, 2.24) is 4.90 Å². The Labute approximate surface area is 208 Å². The molecule has 0 aromatic rings. The zero-order valence-electron chi connectivity index (χ0n) is 22.1. The Morgan fingerprint density at radius 2 is 1.12 bits per heavy atom. The normalized spacial score (nSPS) is 25.3. The van der Waals surface area contributed by atoms with E-state index in [0.29, 0.717) is 6.61 Å². The summed E-state index contributed by atoms with van der Waals surface area (Å²) in [6.45, 7) is 4.35. The second-order valence-electron chi connectivity index (χ2n) is 10.2. The molecule has 5 atom stereocenters. The summed E-state index contributed by atoms with van der Waals surface area (Å²) in [5.41, 5.74) is 0. The fraction of sp³-hybridized carbons (Fsp3) is 1.00. The summed E-state index contributed by atoms with van der Waals surface area (Å²) in [5.74, 6) is 0. The van der Waals surface area contributed by atoms with Gasteiger partial charge in [-0.15, -0.1) is 0 Å². The summed E-state index contributed by atoms with van der Waals surface area (Å²) in [6, 6.07) is 0. The maximum Gasteiger partial charge on any atom is 0.186 e. The Bertz CT molecular complexity index is 453. The number of unbranched alkanes of at least 4 members (excludes halogenated alkanes) is 14. The van der Waals surface area contributed by atoms with E-state index in [2.05, 4.69) is 18.9 Å². The molecule has 1 unspecified atom stereocenters. The highest BCUT2D eigenvalue weighted by atomic mass is 16.7. The molecule has 7 heteroatoms. The van der Waals surface area contributed by atoms with E-state index in [-0.39, 0.29) is 0 Å². The minimum absolute atomic E-state index is 0.398. The molecule has 4 N–H and O–H groups in total. The van der Waals surface area contributed by atoms with Crippen LogP contribution in [-0.2, 0) is 9.47 Å². The molecule has 204 valence electrons. The van der Waals surface area contributed by atoms with E-state index < -0.39 is 37.3 Å². The van der Waals surface area contributed by atoms with Gasteiger partial charge in [0.1, 0.15) is 24.4 Å². The molecule has 0 amide bonds. The Kier molecular flexibility index (Phi) is 19.5. The Morgan fingerprint density at radius 1 is 0.647 bits per heavy atom. The standard InChI is InChI=1S/C27H55NO6/c1-3-4-5-6-7-8-9-10-11-12-13-14-15-16-19-28(2)20-17-18-21-33-27-26(32)25(31)24(30)23(22-29)34-27/h23-27,29-32H,3-22H2,1-2H3/t23-,24-,25+,26-,27?/m1/s1. The number of aliphatic hydroxyl groups excluding tert-OH is 4.